The maximum Gasteiger partial charge on any atom is 0.251 e. The molecule has 132 valence electrons. The molecule has 2 aromatic carbocycles. The summed E-state index contributed by atoms with van der Waals surface area (Å²) < 4.78 is 5.69. The average Bonchev–Trinajstić information content (AvgIpc) is 2.66. The van der Waals surface area contributed by atoms with Crippen molar-refractivity contribution >= 4 is 16.9 Å². The molecule has 0 saturated heterocycles. The van der Waals surface area contributed by atoms with Gasteiger partial charge in [0.2, 0.25) is 0 Å². The first kappa shape index (κ1) is 16.5. The number of ether oxygens (including phenoxy) is 1. The van der Waals surface area contributed by atoms with Crippen molar-refractivity contribution in [2.75, 3.05) is 13.2 Å². The zero-order valence-electron chi connectivity index (χ0n) is 15.0. The lowest BCUT2D eigenvalue weighted by Crippen LogP contribution is -2.30. The monoisotopic (exact) mass is 347 g/mol. The van der Waals surface area contributed by atoms with Gasteiger partial charge >= 0.3 is 0 Å². The van der Waals surface area contributed by atoms with Crippen molar-refractivity contribution < 1.29 is 9.53 Å². The molecule has 1 aliphatic heterocycles. The Bertz CT molecular complexity index is 984. The number of aryl methyl sites for hydroxylation is 2. The normalized spacial score (nSPS) is 16.0. The van der Waals surface area contributed by atoms with Gasteiger partial charge < -0.3 is 10.1 Å². The first-order chi connectivity index (χ1) is 12.6. The highest BCUT2D eigenvalue weighted by atomic mass is 16.5. The summed E-state index contributed by atoms with van der Waals surface area (Å²) in [4.78, 5) is 21.7. The number of carbonyl (C=O) groups is 1. The lowest BCUT2D eigenvalue weighted by atomic mass is 9.93. The van der Waals surface area contributed by atoms with Crippen LogP contribution in [0.2, 0.25) is 0 Å². The van der Waals surface area contributed by atoms with Crippen molar-refractivity contribution in [2.45, 2.75) is 26.2 Å². The highest BCUT2D eigenvalue weighted by molar-refractivity contribution is 5.97. The van der Waals surface area contributed by atoms with Crippen LogP contribution in [0, 0.1) is 13.8 Å². The minimum atomic E-state index is -0.0871. The summed E-state index contributed by atoms with van der Waals surface area (Å²) in [7, 11) is 0. The number of hydrogen-bond donors (Lipinski definition) is 1. The third-order valence-electron chi connectivity index (χ3n) is 4.93. The molecule has 1 aliphatic rings. The molecular weight excluding hydrogens is 326 g/mol. The third kappa shape index (κ3) is 3.12. The minimum Gasteiger partial charge on any atom is -0.493 e. The first-order valence-electron chi connectivity index (χ1n) is 8.87. The highest BCUT2D eigenvalue weighted by Crippen LogP contribution is 2.32. The van der Waals surface area contributed by atoms with Crippen LogP contribution in [0.4, 0.5) is 0 Å². The highest BCUT2D eigenvalue weighted by Gasteiger charge is 2.21. The number of para-hydroxylation sites is 1. The van der Waals surface area contributed by atoms with E-state index in [2.05, 4.69) is 21.4 Å². The first-order valence-corrected chi connectivity index (χ1v) is 8.87. The zero-order chi connectivity index (χ0) is 18.1. The van der Waals surface area contributed by atoms with E-state index in [1.165, 1.54) is 0 Å². The lowest BCUT2D eigenvalue weighted by molar-refractivity contribution is 0.0948. The van der Waals surface area contributed by atoms with E-state index in [0.717, 1.165) is 40.2 Å². The van der Waals surface area contributed by atoms with Crippen molar-refractivity contribution in [3.05, 3.63) is 65.0 Å². The maximum atomic E-state index is 12.6. The molecule has 1 aromatic heterocycles. The van der Waals surface area contributed by atoms with E-state index >= 15 is 0 Å². The van der Waals surface area contributed by atoms with E-state index in [4.69, 9.17) is 4.74 Å². The quantitative estimate of drug-likeness (QED) is 0.787. The van der Waals surface area contributed by atoms with E-state index in [1.54, 1.807) is 6.07 Å². The molecule has 4 rings (SSSR count). The summed E-state index contributed by atoms with van der Waals surface area (Å²) in [6, 6.07) is 13.5. The Balaban J connectivity index is 1.50. The van der Waals surface area contributed by atoms with Crippen LogP contribution in [0.25, 0.3) is 11.0 Å². The van der Waals surface area contributed by atoms with Crippen molar-refractivity contribution in [3.63, 3.8) is 0 Å². The lowest BCUT2D eigenvalue weighted by Gasteiger charge is -2.26. The molecule has 0 radical (unpaired) electrons. The van der Waals surface area contributed by atoms with Gasteiger partial charge in [-0.2, -0.15) is 0 Å². The Morgan fingerprint density at radius 3 is 2.73 bits per heavy atom. The van der Waals surface area contributed by atoms with Crippen LogP contribution in [0.1, 0.15) is 39.6 Å². The fraction of sp³-hybridized carbons (Fsp3) is 0.286. The minimum absolute atomic E-state index is 0.0871. The number of carbonyl (C=O) groups excluding carboxylic acids is 1. The predicted molar refractivity (Wildman–Crippen MR) is 101 cm³/mol. The van der Waals surface area contributed by atoms with Crippen molar-refractivity contribution in [3.8, 4) is 5.75 Å². The van der Waals surface area contributed by atoms with Crippen LogP contribution in [-0.2, 0) is 0 Å². The molecule has 0 aliphatic carbocycles. The number of hydrogen-bond acceptors (Lipinski definition) is 4. The molecule has 2 heterocycles. The summed E-state index contributed by atoms with van der Waals surface area (Å²) in [6.07, 6.45) is 0.902. The molecule has 26 heavy (non-hydrogen) atoms. The Morgan fingerprint density at radius 1 is 1.12 bits per heavy atom. The number of aromatic nitrogens is 2. The van der Waals surface area contributed by atoms with Gasteiger partial charge in [0.25, 0.3) is 5.91 Å². The molecule has 0 saturated carbocycles. The average molecular weight is 347 g/mol. The SMILES string of the molecule is Cc1nc2ccc(C(=O)NCC3CCOc4ccccc43)cc2nc1C. The molecule has 1 amide bonds. The van der Waals surface area contributed by atoms with E-state index in [0.29, 0.717) is 18.7 Å². The van der Waals surface area contributed by atoms with Crippen LogP contribution >= 0.6 is 0 Å². The van der Waals surface area contributed by atoms with Crippen molar-refractivity contribution in [1.82, 2.24) is 15.3 Å². The van der Waals surface area contributed by atoms with Gasteiger partial charge in [0.05, 0.1) is 29.0 Å². The second-order valence-corrected chi connectivity index (χ2v) is 6.68. The number of nitrogens with one attached hydrogen (secondary N) is 1. The number of nitrogens with zero attached hydrogens (tertiary/aromatic N) is 2. The zero-order valence-corrected chi connectivity index (χ0v) is 15.0. The molecule has 3 aromatic rings. The number of amides is 1. The van der Waals surface area contributed by atoms with Gasteiger partial charge in [0, 0.05) is 18.0 Å². The molecule has 5 nitrogen and oxygen atoms in total. The van der Waals surface area contributed by atoms with Crippen LogP contribution in [0.5, 0.6) is 5.75 Å². The summed E-state index contributed by atoms with van der Waals surface area (Å²) in [5.41, 5.74) is 5.12. The van der Waals surface area contributed by atoms with Gasteiger partial charge in [-0.3, -0.25) is 4.79 Å². The predicted octanol–water partition coefficient (Wildman–Crippen LogP) is 3.54. The van der Waals surface area contributed by atoms with E-state index in [9.17, 15) is 4.79 Å². The van der Waals surface area contributed by atoms with E-state index < -0.39 is 0 Å². The summed E-state index contributed by atoms with van der Waals surface area (Å²) in [6.45, 7) is 5.14. The van der Waals surface area contributed by atoms with E-state index in [1.807, 2.05) is 44.2 Å². The molecule has 0 fully saturated rings. The van der Waals surface area contributed by atoms with E-state index in [-0.39, 0.29) is 11.8 Å². The molecule has 1 atom stereocenters. The van der Waals surface area contributed by atoms with Gasteiger partial charge in [-0.25, -0.2) is 9.97 Å². The number of fused-ring (bicyclic) bond motifs is 2. The molecule has 0 spiro atoms. The molecule has 1 N–H and O–H groups in total. The van der Waals surface area contributed by atoms with Crippen LogP contribution < -0.4 is 10.1 Å². The topological polar surface area (TPSA) is 64.1 Å². The summed E-state index contributed by atoms with van der Waals surface area (Å²) >= 11 is 0. The summed E-state index contributed by atoms with van der Waals surface area (Å²) in [5, 5.41) is 3.06. The smallest absolute Gasteiger partial charge is 0.251 e. The Hall–Kier alpha value is -2.95. The number of benzene rings is 2. The second-order valence-electron chi connectivity index (χ2n) is 6.68. The maximum absolute atomic E-state index is 12.6. The van der Waals surface area contributed by atoms with Gasteiger partial charge in [-0.15, -0.1) is 0 Å². The van der Waals surface area contributed by atoms with Crippen molar-refractivity contribution in [1.29, 1.82) is 0 Å². The molecular formula is C21H21N3O2. The summed E-state index contributed by atoms with van der Waals surface area (Å²) in [5.74, 6) is 1.11. The number of rotatable bonds is 3. The Labute approximate surface area is 152 Å². The van der Waals surface area contributed by atoms with Crippen LogP contribution in [0.3, 0.4) is 0 Å². The third-order valence-corrected chi connectivity index (χ3v) is 4.93. The Kier molecular flexibility index (Phi) is 4.29. The van der Waals surface area contributed by atoms with Gasteiger partial charge in [0.1, 0.15) is 5.75 Å². The van der Waals surface area contributed by atoms with Gasteiger partial charge in [-0.05, 0) is 50.1 Å². The molecule has 5 heteroatoms. The molecule has 1 unspecified atom stereocenters. The van der Waals surface area contributed by atoms with Crippen molar-refractivity contribution in [2.24, 2.45) is 0 Å². The fourth-order valence-electron chi connectivity index (χ4n) is 3.32. The standard InChI is InChI=1S/C21H21N3O2/c1-13-14(2)24-19-11-15(7-8-18(19)23-13)21(25)22-12-16-9-10-26-20-6-4-3-5-17(16)20/h3-8,11,16H,9-10,12H2,1-2H3,(H,22,25). The van der Waals surface area contributed by atoms with Crippen LogP contribution in [-0.4, -0.2) is 29.0 Å². The van der Waals surface area contributed by atoms with Crippen LogP contribution in [0.15, 0.2) is 42.5 Å². The fourth-order valence-corrected chi connectivity index (χ4v) is 3.32. The second kappa shape index (κ2) is 6.75. The molecule has 0 bridgehead atoms. The van der Waals surface area contributed by atoms with Gasteiger partial charge in [-0.1, -0.05) is 18.2 Å². The largest absolute Gasteiger partial charge is 0.493 e. The van der Waals surface area contributed by atoms with Gasteiger partial charge in [0.15, 0.2) is 0 Å². The Morgan fingerprint density at radius 2 is 1.88 bits per heavy atom.